The third-order valence-corrected chi connectivity index (χ3v) is 3.48. The fraction of sp³-hybridized carbons (Fsp3) is 0.176. The highest BCUT2D eigenvalue weighted by atomic mass is 19.4. The van der Waals surface area contributed by atoms with Gasteiger partial charge in [0, 0.05) is 5.22 Å². The number of rotatable bonds is 2. The SMILES string of the molecule is CC1(C=Cc2ccco2)OC(C(F)(F)F)=c2ccccc2=NC1=O. The first-order valence-electron chi connectivity index (χ1n) is 7.01. The van der Waals surface area contributed by atoms with Gasteiger partial charge >= 0.3 is 6.18 Å². The van der Waals surface area contributed by atoms with Crippen LogP contribution in [-0.2, 0) is 9.53 Å². The maximum Gasteiger partial charge on any atom is 0.449 e. The average molecular weight is 335 g/mol. The summed E-state index contributed by atoms with van der Waals surface area (Å²) < 4.78 is 50.5. The standard InChI is InChI=1S/C17H12F3NO3/c1-16(9-8-11-5-4-10-23-11)15(22)21-13-7-3-2-6-12(13)14(24-16)17(18,19)20/h2-10H,1H3. The number of fused-ring (bicyclic) bond motifs is 1. The Morgan fingerprint density at radius 1 is 1.17 bits per heavy atom. The number of ether oxygens (including phenoxy) is 1. The van der Waals surface area contributed by atoms with Crippen molar-refractivity contribution in [2.24, 2.45) is 4.99 Å². The fourth-order valence-corrected chi connectivity index (χ4v) is 2.24. The van der Waals surface area contributed by atoms with Gasteiger partial charge in [-0.25, -0.2) is 4.99 Å². The van der Waals surface area contributed by atoms with Gasteiger partial charge in [0.05, 0.1) is 11.6 Å². The van der Waals surface area contributed by atoms with E-state index in [-0.39, 0.29) is 10.6 Å². The molecule has 124 valence electrons. The van der Waals surface area contributed by atoms with E-state index in [2.05, 4.69) is 4.99 Å². The van der Waals surface area contributed by atoms with E-state index in [9.17, 15) is 18.0 Å². The Balaban J connectivity index is 2.17. The summed E-state index contributed by atoms with van der Waals surface area (Å²) in [5.41, 5.74) is -1.91. The third kappa shape index (κ3) is 2.97. The van der Waals surface area contributed by atoms with Crippen molar-refractivity contribution in [3.63, 3.8) is 0 Å². The zero-order chi connectivity index (χ0) is 17.4. The van der Waals surface area contributed by atoms with Gasteiger partial charge in [-0.05, 0) is 43.3 Å². The van der Waals surface area contributed by atoms with Crippen LogP contribution in [0.15, 0.2) is 58.1 Å². The minimum absolute atomic E-state index is 0.0788. The number of hydrogen-bond donors (Lipinski definition) is 0. The van der Waals surface area contributed by atoms with Crippen LogP contribution < -0.4 is 10.6 Å². The summed E-state index contributed by atoms with van der Waals surface area (Å²) in [6.07, 6.45) is -0.784. The van der Waals surface area contributed by atoms with Crippen molar-refractivity contribution < 1.29 is 27.1 Å². The number of alkyl halides is 3. The van der Waals surface area contributed by atoms with E-state index in [1.807, 2.05) is 0 Å². The Morgan fingerprint density at radius 2 is 1.92 bits per heavy atom. The molecule has 0 fully saturated rings. The molecule has 0 aliphatic carbocycles. The molecule has 0 saturated heterocycles. The van der Waals surface area contributed by atoms with Crippen molar-refractivity contribution in [1.82, 2.24) is 0 Å². The predicted molar refractivity (Wildman–Crippen MR) is 78.9 cm³/mol. The molecule has 7 heteroatoms. The van der Waals surface area contributed by atoms with Crippen LogP contribution in [0.5, 0.6) is 0 Å². The molecule has 1 atom stereocenters. The monoisotopic (exact) mass is 335 g/mol. The van der Waals surface area contributed by atoms with Gasteiger partial charge in [-0.2, -0.15) is 13.2 Å². The molecule has 1 aromatic heterocycles. The van der Waals surface area contributed by atoms with Gasteiger partial charge in [-0.15, -0.1) is 0 Å². The van der Waals surface area contributed by atoms with E-state index in [1.165, 1.54) is 49.6 Å². The molecule has 1 aliphatic rings. The van der Waals surface area contributed by atoms with Crippen molar-refractivity contribution in [1.29, 1.82) is 0 Å². The molecule has 0 radical (unpaired) electrons. The van der Waals surface area contributed by atoms with Gasteiger partial charge in [0.15, 0.2) is 0 Å². The normalized spacial score (nSPS) is 21.2. The number of furan rings is 1. The van der Waals surface area contributed by atoms with Crippen molar-refractivity contribution in [2.75, 3.05) is 0 Å². The molecule has 1 aromatic carbocycles. The van der Waals surface area contributed by atoms with Gasteiger partial charge in [-0.1, -0.05) is 12.1 Å². The van der Waals surface area contributed by atoms with Crippen LogP contribution in [0.2, 0.25) is 0 Å². The molecule has 1 unspecified atom stereocenters. The number of hydrogen-bond acceptors (Lipinski definition) is 3. The Morgan fingerprint density at radius 3 is 2.58 bits per heavy atom. The van der Waals surface area contributed by atoms with Gasteiger partial charge in [-0.3, -0.25) is 4.79 Å². The summed E-state index contributed by atoms with van der Waals surface area (Å²) >= 11 is 0. The molecule has 0 spiro atoms. The van der Waals surface area contributed by atoms with Gasteiger partial charge in [0.2, 0.25) is 11.4 Å². The zero-order valence-electron chi connectivity index (χ0n) is 12.5. The molecule has 1 aliphatic heterocycles. The third-order valence-electron chi connectivity index (χ3n) is 3.48. The second-order valence-electron chi connectivity index (χ2n) is 5.32. The lowest BCUT2D eigenvalue weighted by atomic mass is 10.0. The Labute approximate surface area is 134 Å². The van der Waals surface area contributed by atoms with Crippen molar-refractivity contribution in [3.8, 4) is 0 Å². The molecule has 4 nitrogen and oxygen atoms in total. The number of para-hydroxylation sites is 1. The molecule has 3 rings (SSSR count). The van der Waals surface area contributed by atoms with Crippen molar-refractivity contribution in [2.45, 2.75) is 18.7 Å². The van der Waals surface area contributed by atoms with E-state index in [0.29, 0.717) is 5.76 Å². The van der Waals surface area contributed by atoms with Crippen LogP contribution in [0.4, 0.5) is 13.2 Å². The van der Waals surface area contributed by atoms with Crippen LogP contribution in [0, 0.1) is 0 Å². The predicted octanol–water partition coefficient (Wildman–Crippen LogP) is 2.60. The van der Waals surface area contributed by atoms with Crippen molar-refractivity contribution >= 4 is 17.7 Å². The number of benzene rings is 1. The van der Waals surface area contributed by atoms with E-state index >= 15 is 0 Å². The summed E-state index contributed by atoms with van der Waals surface area (Å²) in [5, 5.41) is -0.349. The maximum absolute atomic E-state index is 13.4. The highest BCUT2D eigenvalue weighted by Crippen LogP contribution is 2.32. The lowest BCUT2D eigenvalue weighted by Gasteiger charge is -2.25. The number of nitrogens with zero attached hydrogens (tertiary/aromatic N) is 1. The number of carbonyl (C=O) groups is 1. The second-order valence-corrected chi connectivity index (χ2v) is 5.32. The van der Waals surface area contributed by atoms with Crippen LogP contribution >= 0.6 is 0 Å². The van der Waals surface area contributed by atoms with Crippen LogP contribution in [0.3, 0.4) is 0 Å². The minimum Gasteiger partial charge on any atom is -0.468 e. The van der Waals surface area contributed by atoms with E-state index in [4.69, 9.17) is 9.15 Å². The van der Waals surface area contributed by atoms with Crippen LogP contribution in [0.25, 0.3) is 11.8 Å². The van der Waals surface area contributed by atoms with Gasteiger partial charge < -0.3 is 9.15 Å². The smallest absolute Gasteiger partial charge is 0.449 e. The number of halogens is 3. The number of amides is 1. The molecular weight excluding hydrogens is 323 g/mol. The first-order chi connectivity index (χ1) is 11.3. The molecule has 0 bridgehead atoms. The van der Waals surface area contributed by atoms with Gasteiger partial charge in [0.25, 0.3) is 5.91 Å². The fourth-order valence-electron chi connectivity index (χ4n) is 2.24. The lowest BCUT2D eigenvalue weighted by molar-refractivity contribution is -0.138. The molecule has 1 amide bonds. The topological polar surface area (TPSA) is 51.8 Å². The Bertz CT molecular complexity index is 913. The van der Waals surface area contributed by atoms with Crippen molar-refractivity contribution in [3.05, 3.63) is 65.1 Å². The molecule has 0 N–H and O–H groups in total. The molecule has 0 saturated carbocycles. The van der Waals surface area contributed by atoms with E-state index in [0.717, 1.165) is 0 Å². The maximum atomic E-state index is 13.4. The average Bonchev–Trinajstić information content (AvgIpc) is 3.00. The van der Waals surface area contributed by atoms with E-state index in [1.54, 1.807) is 12.1 Å². The Hall–Kier alpha value is -2.83. The first-order valence-corrected chi connectivity index (χ1v) is 7.01. The quantitative estimate of drug-likeness (QED) is 0.848. The van der Waals surface area contributed by atoms with Crippen LogP contribution in [0.1, 0.15) is 12.7 Å². The van der Waals surface area contributed by atoms with Crippen LogP contribution in [-0.4, -0.2) is 17.7 Å². The highest BCUT2D eigenvalue weighted by molar-refractivity contribution is 5.90. The Kier molecular flexibility index (Phi) is 3.79. The van der Waals surface area contributed by atoms with E-state index < -0.39 is 23.4 Å². The van der Waals surface area contributed by atoms with Gasteiger partial charge in [0.1, 0.15) is 5.76 Å². The largest absolute Gasteiger partial charge is 0.468 e. The second kappa shape index (κ2) is 5.67. The summed E-state index contributed by atoms with van der Waals surface area (Å²) in [5.74, 6) is -1.71. The summed E-state index contributed by atoms with van der Waals surface area (Å²) in [6, 6.07) is 8.70. The zero-order valence-corrected chi connectivity index (χ0v) is 12.5. The highest BCUT2D eigenvalue weighted by Gasteiger charge is 2.45. The molecule has 2 aromatic rings. The molecule has 2 heterocycles. The summed E-state index contributed by atoms with van der Waals surface area (Å²) in [7, 11) is 0. The minimum atomic E-state index is -4.77. The summed E-state index contributed by atoms with van der Waals surface area (Å²) in [6.45, 7) is 1.23. The lowest BCUT2D eigenvalue weighted by Crippen LogP contribution is -2.37. The first kappa shape index (κ1) is 16.0. The summed E-state index contributed by atoms with van der Waals surface area (Å²) in [4.78, 5) is 16.2. The number of carbonyl (C=O) groups excluding carboxylic acids is 1. The molecule has 24 heavy (non-hydrogen) atoms. The molecular formula is C17H12F3NO3.